The third-order valence-electron chi connectivity index (χ3n) is 4.87. The van der Waals surface area contributed by atoms with Gasteiger partial charge in [-0.15, -0.1) is 13.2 Å². The number of carboxylic acid groups (broad SMARTS) is 1. The van der Waals surface area contributed by atoms with Crippen LogP contribution in [0.3, 0.4) is 0 Å². The molecule has 1 aromatic rings. The lowest BCUT2D eigenvalue weighted by molar-refractivity contribution is -0.942. The maximum atomic E-state index is 13.5. The summed E-state index contributed by atoms with van der Waals surface area (Å²) in [5.74, 6) is -4.08. The first-order valence-electron chi connectivity index (χ1n) is 10.1. The molecule has 2 aliphatic heterocycles. The molecule has 3 rings (SSSR count). The molecule has 0 aliphatic carbocycles. The van der Waals surface area contributed by atoms with E-state index in [4.69, 9.17) is 19.4 Å². The highest BCUT2D eigenvalue weighted by atomic mass is 19.4. The zero-order chi connectivity index (χ0) is 26.8. The zero-order valence-electron chi connectivity index (χ0n) is 18.1. The van der Waals surface area contributed by atoms with E-state index in [2.05, 4.69) is 10.0 Å². The molecule has 36 heavy (non-hydrogen) atoms. The molecule has 198 valence electrons. The van der Waals surface area contributed by atoms with Gasteiger partial charge in [0.25, 0.3) is 16.5 Å². The SMILES string of the molecule is CC(O/N=[N+](\O)N1CCC[C@H]1C(=O)O)OC(=O)C1=Cc2cc(OC(F)(F)F)ccc2O[C@@H]1C(F)(F)F. The summed E-state index contributed by atoms with van der Waals surface area (Å²) in [4.78, 5) is 28.4. The summed E-state index contributed by atoms with van der Waals surface area (Å²) in [5.41, 5.74) is -1.43. The number of esters is 1. The van der Waals surface area contributed by atoms with E-state index in [1.807, 2.05) is 0 Å². The van der Waals surface area contributed by atoms with Crippen molar-refractivity contribution in [2.24, 2.45) is 5.28 Å². The van der Waals surface area contributed by atoms with Crippen LogP contribution in [-0.4, -0.2) is 69.8 Å². The molecule has 3 atom stereocenters. The van der Waals surface area contributed by atoms with Crippen molar-refractivity contribution in [1.29, 1.82) is 0 Å². The smallest absolute Gasteiger partial charge is 0.480 e. The van der Waals surface area contributed by atoms with E-state index in [9.17, 15) is 41.1 Å². The quantitative estimate of drug-likeness (QED) is 0.136. The Balaban J connectivity index is 1.76. The van der Waals surface area contributed by atoms with Gasteiger partial charge in [-0.3, -0.25) is 4.84 Å². The molecule has 0 bridgehead atoms. The van der Waals surface area contributed by atoms with Crippen molar-refractivity contribution < 1.29 is 70.3 Å². The van der Waals surface area contributed by atoms with Gasteiger partial charge >= 0.3 is 24.5 Å². The second kappa shape index (κ2) is 9.98. The number of carbonyl (C=O) groups is 2. The van der Waals surface area contributed by atoms with Crippen LogP contribution in [0.1, 0.15) is 25.3 Å². The van der Waals surface area contributed by atoms with Gasteiger partial charge in [0.15, 0.2) is 6.04 Å². The number of fused-ring (bicyclic) bond motifs is 1. The van der Waals surface area contributed by atoms with Crippen LogP contribution in [0.2, 0.25) is 0 Å². The highest BCUT2D eigenvalue weighted by molar-refractivity contribution is 5.96. The van der Waals surface area contributed by atoms with Gasteiger partial charge in [0.2, 0.25) is 6.10 Å². The standard InChI is InChI=1S/C19H17F6N3O8/c1-9(36-26-28(32)27-6-2-3-13(27)16(29)30)33-17(31)12-8-10-7-11(35-19(23,24)25)4-5-14(10)34-15(12)18(20,21)22/h4-5,7-9,13,15H,2-3,6H2,1H3,(H-,26,29,30,32)/p+1/t9?,13-,15-/m0/s1. The molecule has 2 N–H and O–H groups in total. The Labute approximate surface area is 197 Å². The van der Waals surface area contributed by atoms with E-state index >= 15 is 0 Å². The first-order valence-corrected chi connectivity index (χ1v) is 10.1. The first kappa shape index (κ1) is 26.7. The van der Waals surface area contributed by atoms with Crippen LogP contribution in [0.5, 0.6) is 11.5 Å². The molecular formula is C19H18F6N3O8+. The van der Waals surface area contributed by atoms with E-state index in [0.717, 1.165) is 30.1 Å². The largest absolute Gasteiger partial charge is 0.573 e. The molecule has 0 radical (unpaired) electrons. The minimum atomic E-state index is -5.11. The van der Waals surface area contributed by atoms with E-state index in [0.29, 0.717) is 12.5 Å². The third kappa shape index (κ3) is 6.39. The monoisotopic (exact) mass is 530 g/mol. The van der Waals surface area contributed by atoms with Gasteiger partial charge in [0, 0.05) is 12.5 Å². The zero-order valence-corrected chi connectivity index (χ0v) is 18.1. The fraction of sp³-hybridized carbons (Fsp3) is 0.474. The Bertz CT molecular complexity index is 1070. The molecule has 1 unspecified atom stereocenters. The lowest BCUT2D eigenvalue weighted by atomic mass is 10.0. The van der Waals surface area contributed by atoms with Crippen LogP contribution in [-0.2, 0) is 19.2 Å². The summed E-state index contributed by atoms with van der Waals surface area (Å²) in [6.07, 6.45) is -13.4. The maximum absolute atomic E-state index is 13.5. The van der Waals surface area contributed by atoms with Crippen LogP contribution in [0, 0.1) is 0 Å². The summed E-state index contributed by atoms with van der Waals surface area (Å²) in [6.45, 7) is 1.13. The number of ether oxygens (including phenoxy) is 3. The predicted molar refractivity (Wildman–Crippen MR) is 100 cm³/mol. The van der Waals surface area contributed by atoms with Gasteiger partial charge in [-0.1, -0.05) is 5.01 Å². The number of hydrazine groups is 1. The van der Waals surface area contributed by atoms with Gasteiger partial charge in [-0.05, 0) is 37.1 Å². The Morgan fingerprint density at radius 3 is 2.56 bits per heavy atom. The lowest BCUT2D eigenvalue weighted by Crippen LogP contribution is -2.42. The molecule has 17 heteroatoms. The number of halogens is 6. The minimum Gasteiger partial charge on any atom is -0.480 e. The van der Waals surface area contributed by atoms with Crippen molar-refractivity contribution in [3.63, 3.8) is 0 Å². The molecule has 11 nitrogen and oxygen atoms in total. The van der Waals surface area contributed by atoms with E-state index in [1.54, 1.807) is 0 Å². The molecule has 1 saturated heterocycles. The molecule has 1 aromatic carbocycles. The Hall–Kier alpha value is -3.92. The number of hydrogen-bond donors (Lipinski definition) is 2. The minimum absolute atomic E-state index is 0.0655. The number of benzene rings is 1. The molecular weight excluding hydrogens is 512 g/mol. The molecule has 2 aliphatic rings. The molecule has 2 heterocycles. The van der Waals surface area contributed by atoms with Gasteiger partial charge in [0.05, 0.1) is 12.1 Å². The Kier molecular flexibility index (Phi) is 7.40. The average Bonchev–Trinajstić information content (AvgIpc) is 3.25. The van der Waals surface area contributed by atoms with Gasteiger partial charge in [-0.25, -0.2) is 14.8 Å². The van der Waals surface area contributed by atoms with Crippen LogP contribution >= 0.6 is 0 Å². The summed E-state index contributed by atoms with van der Waals surface area (Å²) < 4.78 is 91.2. The highest BCUT2D eigenvalue weighted by Gasteiger charge is 2.49. The number of rotatable bonds is 7. The molecule has 0 spiro atoms. The Morgan fingerprint density at radius 2 is 1.94 bits per heavy atom. The summed E-state index contributed by atoms with van der Waals surface area (Å²) in [7, 11) is 0. The summed E-state index contributed by atoms with van der Waals surface area (Å²) in [5, 5.41) is 23.0. The van der Waals surface area contributed by atoms with Crippen molar-refractivity contribution >= 4 is 18.0 Å². The second-order valence-electron chi connectivity index (χ2n) is 7.47. The number of hydrogen-bond acceptors (Lipinski definition) is 7. The van der Waals surface area contributed by atoms with Crippen molar-refractivity contribution in [3.8, 4) is 11.5 Å². The number of aliphatic carboxylic acids is 1. The number of carbonyl (C=O) groups excluding carboxylic acids is 1. The van der Waals surface area contributed by atoms with Crippen LogP contribution < -0.4 is 9.47 Å². The Morgan fingerprint density at radius 1 is 1.25 bits per heavy atom. The van der Waals surface area contributed by atoms with E-state index in [1.165, 1.54) is 0 Å². The van der Waals surface area contributed by atoms with Crippen molar-refractivity contribution in [2.45, 2.75) is 50.7 Å². The molecule has 0 saturated carbocycles. The van der Waals surface area contributed by atoms with Crippen LogP contribution in [0.15, 0.2) is 29.0 Å². The van der Waals surface area contributed by atoms with Crippen molar-refractivity contribution in [1.82, 2.24) is 5.01 Å². The maximum Gasteiger partial charge on any atom is 0.573 e. The molecule has 1 fully saturated rings. The summed E-state index contributed by atoms with van der Waals surface area (Å²) >= 11 is 0. The number of alkyl halides is 6. The van der Waals surface area contributed by atoms with Gasteiger partial charge in [0.1, 0.15) is 11.5 Å². The van der Waals surface area contributed by atoms with Crippen LogP contribution in [0.4, 0.5) is 26.3 Å². The predicted octanol–water partition coefficient (Wildman–Crippen LogP) is 3.43. The van der Waals surface area contributed by atoms with E-state index in [-0.39, 0.29) is 23.5 Å². The molecule has 0 amide bonds. The normalized spacial score (nSPS) is 21.1. The summed E-state index contributed by atoms with van der Waals surface area (Å²) in [6, 6.07) is 1.17. The average molecular weight is 530 g/mol. The van der Waals surface area contributed by atoms with Gasteiger partial charge in [-0.2, -0.15) is 13.2 Å². The topological polar surface area (TPSA) is 130 Å². The van der Waals surface area contributed by atoms with Gasteiger partial charge < -0.3 is 19.3 Å². The fourth-order valence-electron chi connectivity index (χ4n) is 3.40. The third-order valence-corrected chi connectivity index (χ3v) is 4.87. The fourth-order valence-corrected chi connectivity index (χ4v) is 3.40. The first-order chi connectivity index (χ1) is 16.7. The molecule has 0 aromatic heterocycles. The number of nitrogens with zero attached hydrogens (tertiary/aromatic N) is 3. The lowest BCUT2D eigenvalue weighted by Gasteiger charge is -2.28. The number of carboxylic acids is 1. The van der Waals surface area contributed by atoms with Crippen molar-refractivity contribution in [2.75, 3.05) is 6.54 Å². The van der Waals surface area contributed by atoms with Crippen LogP contribution in [0.25, 0.3) is 6.08 Å². The highest BCUT2D eigenvalue weighted by Crippen LogP contribution is 2.39. The van der Waals surface area contributed by atoms with E-state index < -0.39 is 60.0 Å². The second-order valence-corrected chi connectivity index (χ2v) is 7.47. The van der Waals surface area contributed by atoms with Crippen molar-refractivity contribution in [3.05, 3.63) is 29.3 Å².